The van der Waals surface area contributed by atoms with Crippen LogP contribution in [0.2, 0.25) is 0 Å². The van der Waals surface area contributed by atoms with E-state index in [0.29, 0.717) is 13.2 Å². The van der Waals surface area contributed by atoms with Gasteiger partial charge < -0.3 is 9.05 Å². The maximum atomic E-state index is 11.8. The van der Waals surface area contributed by atoms with Crippen molar-refractivity contribution >= 4 is 8.25 Å². The van der Waals surface area contributed by atoms with Crippen LogP contribution in [0.1, 0.15) is 194 Å². The van der Waals surface area contributed by atoms with Crippen LogP contribution in [0, 0.1) is 0 Å². The summed E-state index contributed by atoms with van der Waals surface area (Å²) in [6, 6.07) is 0. The summed E-state index contributed by atoms with van der Waals surface area (Å²) in [7, 11) is -2.38. The van der Waals surface area contributed by atoms with E-state index in [1.807, 2.05) is 12.2 Å². The van der Waals surface area contributed by atoms with Gasteiger partial charge in [-0.2, -0.15) is 0 Å². The molecule has 0 rings (SSSR count). The van der Waals surface area contributed by atoms with Crippen molar-refractivity contribution < 1.29 is 13.6 Å². The maximum Gasteiger partial charge on any atom is 0.319 e. The van der Waals surface area contributed by atoms with Crippen LogP contribution in [0.5, 0.6) is 0 Å². The van der Waals surface area contributed by atoms with Gasteiger partial charge in [-0.1, -0.05) is 192 Å². The largest absolute Gasteiger partial charge is 0.319 e. The molecule has 0 aromatic carbocycles. The van der Waals surface area contributed by atoms with E-state index in [-0.39, 0.29) is 0 Å². The van der Waals surface area contributed by atoms with Gasteiger partial charge in [0.25, 0.3) is 0 Å². The Kier molecular flexibility index (Phi) is 36.3. The third-order valence-electron chi connectivity index (χ3n) is 7.88. The summed E-state index contributed by atoms with van der Waals surface area (Å²) < 4.78 is 22.4. The van der Waals surface area contributed by atoms with Gasteiger partial charge in [0.15, 0.2) is 0 Å². The summed E-state index contributed by atoms with van der Waals surface area (Å²) in [4.78, 5) is 0. The molecule has 0 atom stereocenters. The van der Waals surface area contributed by atoms with Crippen molar-refractivity contribution in [3.63, 3.8) is 0 Å². The van der Waals surface area contributed by atoms with E-state index in [1.165, 1.54) is 167 Å². The van der Waals surface area contributed by atoms with Crippen molar-refractivity contribution in [2.75, 3.05) is 13.2 Å². The first kappa shape index (κ1) is 39.6. The zero-order valence-electron chi connectivity index (χ0n) is 27.2. The molecule has 0 aromatic heterocycles. The van der Waals surface area contributed by atoms with E-state index in [0.717, 1.165) is 12.8 Å². The van der Waals surface area contributed by atoms with Gasteiger partial charge in [-0.15, -0.1) is 0 Å². The van der Waals surface area contributed by atoms with Crippen molar-refractivity contribution in [1.29, 1.82) is 0 Å². The van der Waals surface area contributed by atoms with E-state index < -0.39 is 8.25 Å². The highest BCUT2D eigenvalue weighted by Crippen LogP contribution is 2.23. The first-order valence-corrected chi connectivity index (χ1v) is 19.1. The zero-order valence-corrected chi connectivity index (χ0v) is 28.2. The molecule has 0 saturated carbocycles. The summed E-state index contributed by atoms with van der Waals surface area (Å²) in [5, 5.41) is 0. The van der Waals surface area contributed by atoms with E-state index >= 15 is 0 Å². The SMILES string of the molecule is CCCCCCCCCCCCCCCC=CCO[PH](=O)OCC=CCCCCCCCCCCCCCCC. The minimum Gasteiger partial charge on any atom is -0.306 e. The topological polar surface area (TPSA) is 35.5 Å². The predicted molar refractivity (Wildman–Crippen MR) is 180 cm³/mol. The van der Waals surface area contributed by atoms with Crippen LogP contribution in [-0.4, -0.2) is 13.2 Å². The summed E-state index contributed by atoms with van der Waals surface area (Å²) in [6.07, 6.45) is 46.5. The van der Waals surface area contributed by atoms with Crippen LogP contribution < -0.4 is 0 Å². The molecule has 4 heteroatoms. The third kappa shape index (κ3) is 35.7. The second-order valence-electron chi connectivity index (χ2n) is 11.9. The summed E-state index contributed by atoms with van der Waals surface area (Å²) in [5.74, 6) is 0. The Morgan fingerprint density at radius 2 is 0.625 bits per heavy atom. The van der Waals surface area contributed by atoms with Gasteiger partial charge >= 0.3 is 8.25 Å². The van der Waals surface area contributed by atoms with Gasteiger partial charge in [0.05, 0.1) is 13.2 Å². The lowest BCUT2D eigenvalue weighted by molar-refractivity contribution is 0.261. The Bertz CT molecular complexity index is 500. The second-order valence-corrected chi connectivity index (χ2v) is 13.0. The van der Waals surface area contributed by atoms with Crippen LogP contribution in [0.3, 0.4) is 0 Å². The standard InChI is InChI=1S/C36H71O3P/c1-3-5-7-9-11-13-15-17-19-21-23-25-27-29-31-33-35-38-40(37)39-36-34-32-30-28-26-24-22-20-18-16-14-12-10-8-6-4-2/h31-34,40H,3-30,35-36H2,1-2H3. The highest BCUT2D eigenvalue weighted by atomic mass is 31.1. The third-order valence-corrected chi connectivity index (χ3v) is 8.68. The summed E-state index contributed by atoms with van der Waals surface area (Å²) in [5.41, 5.74) is 0. The second kappa shape index (κ2) is 36.7. The molecule has 0 fully saturated rings. The lowest BCUT2D eigenvalue weighted by Crippen LogP contribution is -1.86. The Morgan fingerprint density at radius 3 is 0.900 bits per heavy atom. The van der Waals surface area contributed by atoms with Crippen molar-refractivity contribution in [2.45, 2.75) is 194 Å². The molecule has 0 aliphatic rings. The average molecular weight is 583 g/mol. The molecule has 0 heterocycles. The molecule has 0 spiro atoms. The van der Waals surface area contributed by atoms with Crippen LogP contribution >= 0.6 is 8.25 Å². The Balaban J connectivity index is 3.27. The van der Waals surface area contributed by atoms with Gasteiger partial charge in [-0.25, -0.2) is 0 Å². The highest BCUT2D eigenvalue weighted by Gasteiger charge is 1.97. The molecule has 0 radical (unpaired) electrons. The molecule has 0 unspecified atom stereocenters. The fourth-order valence-electron chi connectivity index (χ4n) is 5.21. The number of rotatable bonds is 34. The van der Waals surface area contributed by atoms with Crippen LogP contribution in [0.25, 0.3) is 0 Å². The molecule has 0 aliphatic heterocycles. The van der Waals surface area contributed by atoms with Crippen molar-refractivity contribution in [3.05, 3.63) is 24.3 Å². The lowest BCUT2D eigenvalue weighted by atomic mass is 10.0. The van der Waals surface area contributed by atoms with Gasteiger partial charge in [-0.3, -0.25) is 4.57 Å². The molecule has 0 bridgehead atoms. The summed E-state index contributed by atoms with van der Waals surface area (Å²) in [6.45, 7) is 5.34. The molecular weight excluding hydrogens is 511 g/mol. The monoisotopic (exact) mass is 583 g/mol. The molecule has 0 saturated heterocycles. The first-order chi connectivity index (χ1) is 19.8. The first-order valence-electron chi connectivity index (χ1n) is 17.9. The van der Waals surface area contributed by atoms with Gasteiger partial charge in [0.1, 0.15) is 0 Å². The molecule has 3 nitrogen and oxygen atoms in total. The lowest BCUT2D eigenvalue weighted by Gasteiger charge is -2.03. The van der Waals surface area contributed by atoms with Crippen LogP contribution in [-0.2, 0) is 13.6 Å². The minimum absolute atomic E-state index is 0.388. The van der Waals surface area contributed by atoms with E-state index in [4.69, 9.17) is 9.05 Å². The van der Waals surface area contributed by atoms with E-state index in [2.05, 4.69) is 26.0 Å². The molecule has 0 aliphatic carbocycles. The number of unbranched alkanes of at least 4 members (excludes halogenated alkanes) is 26. The number of hydrogen-bond acceptors (Lipinski definition) is 3. The van der Waals surface area contributed by atoms with Gasteiger partial charge in [-0.05, 0) is 25.7 Å². The van der Waals surface area contributed by atoms with Crippen molar-refractivity contribution in [3.8, 4) is 0 Å². The maximum absolute atomic E-state index is 11.8. The summed E-state index contributed by atoms with van der Waals surface area (Å²) >= 11 is 0. The van der Waals surface area contributed by atoms with E-state index in [1.54, 1.807) is 0 Å². The molecule has 0 aromatic rings. The Hall–Kier alpha value is -0.370. The zero-order chi connectivity index (χ0) is 29.0. The molecule has 0 N–H and O–H groups in total. The molecule has 40 heavy (non-hydrogen) atoms. The Labute approximate surface area is 252 Å². The molecule has 0 amide bonds. The van der Waals surface area contributed by atoms with Crippen molar-refractivity contribution in [1.82, 2.24) is 0 Å². The van der Waals surface area contributed by atoms with Crippen molar-refractivity contribution in [2.24, 2.45) is 0 Å². The van der Waals surface area contributed by atoms with Gasteiger partial charge in [0, 0.05) is 0 Å². The van der Waals surface area contributed by atoms with E-state index in [9.17, 15) is 4.57 Å². The number of allylic oxidation sites excluding steroid dienone is 2. The molecule has 238 valence electrons. The highest BCUT2D eigenvalue weighted by molar-refractivity contribution is 7.33. The fraction of sp³-hybridized carbons (Fsp3) is 0.889. The quantitative estimate of drug-likeness (QED) is 0.0430. The van der Waals surface area contributed by atoms with Gasteiger partial charge in [0.2, 0.25) is 0 Å². The number of hydrogen-bond donors (Lipinski definition) is 0. The molecular formula is C36H71O3P. The normalized spacial score (nSPS) is 12.8. The smallest absolute Gasteiger partial charge is 0.306 e. The average Bonchev–Trinajstić information content (AvgIpc) is 2.96. The van der Waals surface area contributed by atoms with Crippen LogP contribution in [0.4, 0.5) is 0 Å². The minimum atomic E-state index is -2.38. The van der Waals surface area contributed by atoms with Crippen LogP contribution in [0.15, 0.2) is 24.3 Å². The fourth-order valence-corrected chi connectivity index (χ4v) is 5.75. The predicted octanol–water partition coefficient (Wildman–Crippen LogP) is 13.5. The Morgan fingerprint density at radius 1 is 0.375 bits per heavy atom.